The van der Waals surface area contributed by atoms with E-state index in [-0.39, 0.29) is 6.04 Å². The molecule has 0 fully saturated rings. The lowest BCUT2D eigenvalue weighted by Gasteiger charge is -2.15. The molecule has 0 bridgehead atoms. The number of hydrogen-bond acceptors (Lipinski definition) is 2. The third-order valence-electron chi connectivity index (χ3n) is 3.49. The van der Waals surface area contributed by atoms with Crippen LogP contribution in [0.25, 0.3) is 0 Å². The summed E-state index contributed by atoms with van der Waals surface area (Å²) in [7, 11) is 0. The van der Waals surface area contributed by atoms with Crippen LogP contribution in [0.15, 0.2) is 27.1 Å². The summed E-state index contributed by atoms with van der Waals surface area (Å²) in [5, 5.41) is 5.29. The van der Waals surface area contributed by atoms with Crippen LogP contribution in [0.4, 0.5) is 0 Å². The monoisotopic (exact) mass is 433 g/mol. The second-order valence-corrected chi connectivity index (χ2v) is 6.86. The lowest BCUT2D eigenvalue weighted by molar-refractivity contribution is 0.584. The molecule has 2 aromatic rings. The van der Waals surface area contributed by atoms with Gasteiger partial charge in [0.15, 0.2) is 0 Å². The molecule has 0 saturated heterocycles. The Bertz CT molecular complexity index is 640. The molecule has 0 radical (unpaired) electrons. The first kappa shape index (κ1) is 17.0. The summed E-state index contributed by atoms with van der Waals surface area (Å²) in [5.74, 6) is 0. The van der Waals surface area contributed by atoms with Gasteiger partial charge in [0.25, 0.3) is 0 Å². The first-order valence-corrected chi connectivity index (χ1v) is 8.89. The molecule has 2 N–H and O–H groups in total. The Hall–Kier alpha value is -0.360. The maximum Gasteiger partial charge on any atom is 0.0766 e. The second kappa shape index (κ2) is 7.27. The molecule has 1 aromatic carbocycles. The van der Waals surface area contributed by atoms with Gasteiger partial charge in [-0.05, 0) is 56.8 Å². The molecule has 1 atom stereocenters. The van der Waals surface area contributed by atoms with Crippen molar-refractivity contribution in [2.45, 2.75) is 39.3 Å². The van der Waals surface area contributed by atoms with E-state index in [0.717, 1.165) is 38.9 Å². The smallest absolute Gasteiger partial charge is 0.0766 e. The van der Waals surface area contributed by atoms with Crippen LogP contribution in [0.1, 0.15) is 36.8 Å². The van der Waals surface area contributed by atoms with Crippen molar-refractivity contribution < 1.29 is 0 Å². The van der Waals surface area contributed by atoms with Crippen molar-refractivity contribution >= 4 is 43.5 Å². The molecule has 0 spiro atoms. The van der Waals surface area contributed by atoms with E-state index in [1.54, 1.807) is 0 Å². The minimum Gasteiger partial charge on any atom is -0.324 e. The molecule has 0 saturated carbocycles. The van der Waals surface area contributed by atoms with E-state index in [1.165, 1.54) is 0 Å². The quantitative estimate of drug-likeness (QED) is 0.727. The molecule has 0 aliphatic carbocycles. The van der Waals surface area contributed by atoms with Gasteiger partial charge in [-0.2, -0.15) is 5.10 Å². The standard InChI is InChI=1S/C15H18Br2ClN3/c1-3-12-14(17)13(21(4-2)20-12)8-11(19)9-6-5-7-10(16)15(9)18/h5-7,11H,3-4,8,19H2,1-2H3. The Morgan fingerprint density at radius 3 is 2.67 bits per heavy atom. The van der Waals surface area contributed by atoms with Crippen molar-refractivity contribution in [3.05, 3.63) is 49.1 Å². The summed E-state index contributed by atoms with van der Waals surface area (Å²) in [6.45, 7) is 5.01. The van der Waals surface area contributed by atoms with Gasteiger partial charge in [0, 0.05) is 23.5 Å². The SMILES string of the molecule is CCc1nn(CC)c(CC(N)c2cccc(Br)c2Cl)c1Br. The number of nitrogens with two attached hydrogens (primary N) is 1. The average molecular weight is 436 g/mol. The van der Waals surface area contributed by atoms with E-state index >= 15 is 0 Å². The largest absolute Gasteiger partial charge is 0.324 e. The van der Waals surface area contributed by atoms with Crippen molar-refractivity contribution in [2.24, 2.45) is 5.73 Å². The molecule has 0 aliphatic rings. The van der Waals surface area contributed by atoms with Crippen LogP contribution < -0.4 is 5.73 Å². The first-order valence-electron chi connectivity index (χ1n) is 6.93. The molecule has 6 heteroatoms. The van der Waals surface area contributed by atoms with E-state index in [9.17, 15) is 0 Å². The third kappa shape index (κ3) is 3.52. The van der Waals surface area contributed by atoms with Crippen LogP contribution in [0.5, 0.6) is 0 Å². The van der Waals surface area contributed by atoms with Gasteiger partial charge in [-0.1, -0.05) is 30.7 Å². The number of benzene rings is 1. The fourth-order valence-electron chi connectivity index (χ4n) is 2.34. The molecule has 0 amide bonds. The first-order chi connectivity index (χ1) is 9.99. The van der Waals surface area contributed by atoms with Crippen LogP contribution in [0.2, 0.25) is 5.02 Å². The predicted octanol–water partition coefficient (Wildman–Crippen LogP) is 4.89. The lowest BCUT2D eigenvalue weighted by atomic mass is 10.0. The zero-order chi connectivity index (χ0) is 15.6. The van der Waals surface area contributed by atoms with Gasteiger partial charge < -0.3 is 5.73 Å². The van der Waals surface area contributed by atoms with Gasteiger partial charge >= 0.3 is 0 Å². The summed E-state index contributed by atoms with van der Waals surface area (Å²) >= 11 is 13.4. The van der Waals surface area contributed by atoms with Crippen molar-refractivity contribution in [3.63, 3.8) is 0 Å². The minimum absolute atomic E-state index is 0.169. The fraction of sp³-hybridized carbons (Fsp3) is 0.400. The normalized spacial score (nSPS) is 12.7. The van der Waals surface area contributed by atoms with Gasteiger partial charge in [0.05, 0.1) is 20.9 Å². The van der Waals surface area contributed by atoms with Crippen LogP contribution in [0.3, 0.4) is 0 Å². The summed E-state index contributed by atoms with van der Waals surface area (Å²) in [5.41, 5.74) is 9.51. The molecule has 3 nitrogen and oxygen atoms in total. The summed E-state index contributed by atoms with van der Waals surface area (Å²) < 4.78 is 3.94. The number of halogens is 3. The predicted molar refractivity (Wildman–Crippen MR) is 94.8 cm³/mol. The Balaban J connectivity index is 2.33. The highest BCUT2D eigenvalue weighted by Crippen LogP contribution is 2.32. The molecular formula is C15H18Br2ClN3. The van der Waals surface area contributed by atoms with E-state index in [2.05, 4.69) is 50.8 Å². The number of aryl methyl sites for hydroxylation is 2. The number of aromatic nitrogens is 2. The zero-order valence-corrected chi connectivity index (χ0v) is 16.0. The van der Waals surface area contributed by atoms with Gasteiger partial charge in [-0.3, -0.25) is 4.68 Å². The van der Waals surface area contributed by atoms with E-state index in [4.69, 9.17) is 17.3 Å². The van der Waals surface area contributed by atoms with Crippen molar-refractivity contribution in [1.82, 2.24) is 9.78 Å². The molecule has 21 heavy (non-hydrogen) atoms. The van der Waals surface area contributed by atoms with Gasteiger partial charge in [0.2, 0.25) is 0 Å². The summed E-state index contributed by atoms with van der Waals surface area (Å²) in [4.78, 5) is 0. The average Bonchev–Trinajstić information content (AvgIpc) is 2.78. The molecular weight excluding hydrogens is 417 g/mol. The van der Waals surface area contributed by atoms with E-state index in [1.807, 2.05) is 22.9 Å². The zero-order valence-electron chi connectivity index (χ0n) is 12.0. The van der Waals surface area contributed by atoms with Crippen molar-refractivity contribution in [3.8, 4) is 0 Å². The number of rotatable bonds is 5. The molecule has 1 heterocycles. The third-order valence-corrected chi connectivity index (χ3v) is 5.71. The lowest BCUT2D eigenvalue weighted by Crippen LogP contribution is -2.17. The van der Waals surface area contributed by atoms with Gasteiger partial charge in [0.1, 0.15) is 0 Å². The maximum atomic E-state index is 6.37. The van der Waals surface area contributed by atoms with Gasteiger partial charge in [-0.25, -0.2) is 0 Å². The molecule has 114 valence electrons. The molecule has 1 unspecified atom stereocenters. The highest BCUT2D eigenvalue weighted by molar-refractivity contribution is 9.10. The Labute approximate surface area is 147 Å². The number of hydrogen-bond donors (Lipinski definition) is 1. The molecule has 2 rings (SSSR count). The maximum absolute atomic E-state index is 6.37. The van der Waals surface area contributed by atoms with E-state index < -0.39 is 0 Å². The van der Waals surface area contributed by atoms with Crippen LogP contribution >= 0.6 is 43.5 Å². The Morgan fingerprint density at radius 1 is 1.33 bits per heavy atom. The van der Waals surface area contributed by atoms with Crippen LogP contribution in [-0.4, -0.2) is 9.78 Å². The van der Waals surface area contributed by atoms with Crippen LogP contribution in [0, 0.1) is 0 Å². The fourth-order valence-corrected chi connectivity index (χ4v) is 3.71. The second-order valence-electron chi connectivity index (χ2n) is 4.83. The highest BCUT2D eigenvalue weighted by atomic mass is 79.9. The van der Waals surface area contributed by atoms with Gasteiger partial charge in [-0.15, -0.1) is 0 Å². The number of nitrogens with zero attached hydrogens (tertiary/aromatic N) is 2. The van der Waals surface area contributed by atoms with Crippen molar-refractivity contribution in [2.75, 3.05) is 0 Å². The Kier molecular flexibility index (Phi) is 5.88. The molecule has 1 aromatic heterocycles. The molecule has 0 aliphatic heterocycles. The van der Waals surface area contributed by atoms with Crippen LogP contribution in [-0.2, 0) is 19.4 Å². The Morgan fingerprint density at radius 2 is 2.05 bits per heavy atom. The highest BCUT2D eigenvalue weighted by Gasteiger charge is 2.19. The summed E-state index contributed by atoms with van der Waals surface area (Å²) in [6, 6.07) is 5.67. The van der Waals surface area contributed by atoms with E-state index in [0.29, 0.717) is 11.4 Å². The van der Waals surface area contributed by atoms with Crippen molar-refractivity contribution in [1.29, 1.82) is 0 Å². The minimum atomic E-state index is -0.169. The summed E-state index contributed by atoms with van der Waals surface area (Å²) in [6.07, 6.45) is 1.59. The topological polar surface area (TPSA) is 43.8 Å².